The molecule has 0 fully saturated rings. The molecule has 100 valence electrons. The molecule has 19 heavy (non-hydrogen) atoms. The quantitative estimate of drug-likeness (QED) is 0.900. The Morgan fingerprint density at radius 2 is 1.95 bits per heavy atom. The summed E-state index contributed by atoms with van der Waals surface area (Å²) >= 11 is 5.89. The van der Waals surface area contributed by atoms with Gasteiger partial charge < -0.3 is 10.2 Å². The lowest BCUT2D eigenvalue weighted by atomic mass is 10.2. The molecule has 0 radical (unpaired) electrons. The highest BCUT2D eigenvalue weighted by molar-refractivity contribution is 6.30. The van der Waals surface area contributed by atoms with Gasteiger partial charge in [0.05, 0.1) is 0 Å². The zero-order valence-electron chi connectivity index (χ0n) is 11.2. The van der Waals surface area contributed by atoms with Gasteiger partial charge in [0.15, 0.2) is 0 Å². The first kappa shape index (κ1) is 13.7. The molecule has 0 aliphatic heterocycles. The summed E-state index contributed by atoms with van der Waals surface area (Å²) in [5.41, 5.74) is 2.37. The van der Waals surface area contributed by atoms with Crippen molar-refractivity contribution in [3.8, 4) is 0 Å². The fourth-order valence-electron chi connectivity index (χ4n) is 1.89. The van der Waals surface area contributed by atoms with Crippen LogP contribution in [0.15, 0.2) is 42.6 Å². The van der Waals surface area contributed by atoms with Gasteiger partial charge in [-0.3, -0.25) is 0 Å². The van der Waals surface area contributed by atoms with E-state index in [1.807, 2.05) is 36.5 Å². The summed E-state index contributed by atoms with van der Waals surface area (Å²) in [4.78, 5) is 6.46. The van der Waals surface area contributed by atoms with Gasteiger partial charge in [-0.25, -0.2) is 4.98 Å². The highest BCUT2D eigenvalue weighted by Crippen LogP contribution is 2.19. The first-order valence-corrected chi connectivity index (χ1v) is 6.72. The number of rotatable bonds is 5. The van der Waals surface area contributed by atoms with Crippen molar-refractivity contribution in [1.82, 2.24) is 4.98 Å². The van der Waals surface area contributed by atoms with Crippen LogP contribution in [0.1, 0.15) is 12.5 Å². The smallest absolute Gasteiger partial charge is 0.127 e. The molecule has 0 spiro atoms. The monoisotopic (exact) mass is 275 g/mol. The van der Waals surface area contributed by atoms with E-state index in [9.17, 15) is 0 Å². The normalized spacial score (nSPS) is 10.3. The molecule has 0 unspecified atom stereocenters. The van der Waals surface area contributed by atoms with Gasteiger partial charge in [0, 0.05) is 43.1 Å². The Labute approximate surface area is 119 Å². The van der Waals surface area contributed by atoms with Gasteiger partial charge in [-0.15, -0.1) is 0 Å². The predicted octanol–water partition coefficient (Wildman–Crippen LogP) is 3.80. The molecule has 4 heteroatoms. The average Bonchev–Trinajstić information content (AvgIpc) is 2.42. The van der Waals surface area contributed by atoms with Crippen LogP contribution >= 0.6 is 11.6 Å². The lowest BCUT2D eigenvalue weighted by Crippen LogP contribution is -2.16. The van der Waals surface area contributed by atoms with E-state index < -0.39 is 0 Å². The Hall–Kier alpha value is -1.74. The summed E-state index contributed by atoms with van der Waals surface area (Å²) in [5.74, 6) is 0.906. The summed E-state index contributed by atoms with van der Waals surface area (Å²) in [7, 11) is 2.07. The second-order valence-electron chi connectivity index (χ2n) is 4.41. The van der Waals surface area contributed by atoms with E-state index in [-0.39, 0.29) is 0 Å². The van der Waals surface area contributed by atoms with Crippen molar-refractivity contribution in [3.63, 3.8) is 0 Å². The maximum atomic E-state index is 5.89. The zero-order valence-corrected chi connectivity index (χ0v) is 12.0. The Balaban J connectivity index is 2.08. The molecule has 0 amide bonds. The van der Waals surface area contributed by atoms with E-state index in [0.29, 0.717) is 0 Å². The molecule has 0 aliphatic carbocycles. The third-order valence-electron chi connectivity index (χ3n) is 2.88. The molecule has 2 aromatic rings. The number of nitrogens with zero attached hydrogens (tertiary/aromatic N) is 2. The molecule has 3 nitrogen and oxygen atoms in total. The van der Waals surface area contributed by atoms with Crippen LogP contribution in [-0.2, 0) is 6.54 Å². The van der Waals surface area contributed by atoms with Gasteiger partial charge in [-0.1, -0.05) is 23.7 Å². The summed E-state index contributed by atoms with van der Waals surface area (Å²) in [6.45, 7) is 3.77. The van der Waals surface area contributed by atoms with Crippen LogP contribution in [0.3, 0.4) is 0 Å². The van der Waals surface area contributed by atoms with Crippen LogP contribution in [-0.4, -0.2) is 18.6 Å². The molecule has 1 aromatic heterocycles. The van der Waals surface area contributed by atoms with Crippen molar-refractivity contribution in [2.45, 2.75) is 13.5 Å². The molecule has 0 bridgehead atoms. The van der Waals surface area contributed by atoms with Gasteiger partial charge in [-0.2, -0.15) is 0 Å². The third-order valence-corrected chi connectivity index (χ3v) is 3.13. The van der Waals surface area contributed by atoms with Crippen LogP contribution in [0, 0.1) is 0 Å². The van der Waals surface area contributed by atoms with E-state index in [1.165, 1.54) is 5.56 Å². The van der Waals surface area contributed by atoms with E-state index in [1.54, 1.807) is 0 Å². The first-order chi connectivity index (χ1) is 9.19. The molecular weight excluding hydrogens is 258 g/mol. The minimum atomic E-state index is 0.768. The van der Waals surface area contributed by atoms with Crippen molar-refractivity contribution >= 4 is 23.1 Å². The van der Waals surface area contributed by atoms with Gasteiger partial charge in [0.2, 0.25) is 0 Å². The molecule has 0 aliphatic rings. The fourth-order valence-corrected chi connectivity index (χ4v) is 2.02. The molecule has 2 rings (SSSR count). The SMILES string of the molecule is CCNc1cc(N(C)Cc2ccc(Cl)cc2)ccn1. The van der Waals surface area contributed by atoms with E-state index in [4.69, 9.17) is 11.6 Å². The van der Waals surface area contributed by atoms with Crippen LogP contribution in [0.5, 0.6) is 0 Å². The minimum absolute atomic E-state index is 0.768. The number of hydrogen-bond acceptors (Lipinski definition) is 3. The summed E-state index contributed by atoms with van der Waals surface area (Å²) in [6, 6.07) is 12.0. The molecular formula is C15H18ClN3. The minimum Gasteiger partial charge on any atom is -0.370 e. The van der Waals surface area contributed by atoms with Gasteiger partial charge in [0.25, 0.3) is 0 Å². The second-order valence-corrected chi connectivity index (χ2v) is 4.85. The van der Waals surface area contributed by atoms with E-state index in [2.05, 4.69) is 35.2 Å². The average molecular weight is 276 g/mol. The number of halogens is 1. The van der Waals surface area contributed by atoms with Crippen molar-refractivity contribution in [3.05, 3.63) is 53.2 Å². The standard InChI is InChI=1S/C15H18ClN3/c1-3-17-15-10-14(8-9-18-15)19(2)11-12-4-6-13(16)7-5-12/h4-10H,3,11H2,1-2H3,(H,17,18). The number of anilines is 2. The highest BCUT2D eigenvalue weighted by Gasteiger charge is 2.03. The highest BCUT2D eigenvalue weighted by atomic mass is 35.5. The predicted molar refractivity (Wildman–Crippen MR) is 82.0 cm³/mol. The van der Waals surface area contributed by atoms with Crippen molar-refractivity contribution < 1.29 is 0 Å². The topological polar surface area (TPSA) is 28.2 Å². The number of nitrogens with one attached hydrogen (secondary N) is 1. The molecule has 1 N–H and O–H groups in total. The van der Waals surface area contributed by atoms with E-state index in [0.717, 1.165) is 29.6 Å². The largest absolute Gasteiger partial charge is 0.370 e. The number of aromatic nitrogens is 1. The molecule has 1 heterocycles. The van der Waals surface area contributed by atoms with E-state index >= 15 is 0 Å². The molecule has 0 atom stereocenters. The number of pyridine rings is 1. The lowest BCUT2D eigenvalue weighted by molar-refractivity contribution is 0.920. The molecule has 1 aromatic carbocycles. The van der Waals surface area contributed by atoms with Crippen LogP contribution in [0.4, 0.5) is 11.5 Å². The molecule has 0 saturated carbocycles. The number of hydrogen-bond donors (Lipinski definition) is 1. The summed E-state index contributed by atoms with van der Waals surface area (Å²) < 4.78 is 0. The molecule has 0 saturated heterocycles. The van der Waals surface area contributed by atoms with Crippen LogP contribution in [0.2, 0.25) is 5.02 Å². The van der Waals surface area contributed by atoms with Gasteiger partial charge in [0.1, 0.15) is 5.82 Å². The third kappa shape index (κ3) is 3.86. The maximum absolute atomic E-state index is 5.89. The first-order valence-electron chi connectivity index (χ1n) is 6.34. The summed E-state index contributed by atoms with van der Waals surface area (Å²) in [5, 5.41) is 3.99. The fraction of sp³-hybridized carbons (Fsp3) is 0.267. The Bertz CT molecular complexity index is 525. The zero-order chi connectivity index (χ0) is 13.7. The van der Waals surface area contributed by atoms with Crippen molar-refractivity contribution in [2.24, 2.45) is 0 Å². The lowest BCUT2D eigenvalue weighted by Gasteiger charge is -2.20. The Morgan fingerprint density at radius 1 is 1.21 bits per heavy atom. The van der Waals surface area contributed by atoms with Crippen molar-refractivity contribution in [2.75, 3.05) is 23.8 Å². The summed E-state index contributed by atoms with van der Waals surface area (Å²) in [6.07, 6.45) is 1.83. The van der Waals surface area contributed by atoms with Gasteiger partial charge >= 0.3 is 0 Å². The van der Waals surface area contributed by atoms with Crippen LogP contribution in [0.25, 0.3) is 0 Å². The van der Waals surface area contributed by atoms with Crippen LogP contribution < -0.4 is 10.2 Å². The Kier molecular flexibility index (Phi) is 4.63. The Morgan fingerprint density at radius 3 is 2.63 bits per heavy atom. The van der Waals surface area contributed by atoms with Crippen molar-refractivity contribution in [1.29, 1.82) is 0 Å². The maximum Gasteiger partial charge on any atom is 0.127 e. The number of benzene rings is 1. The second kappa shape index (κ2) is 6.43. The van der Waals surface area contributed by atoms with Gasteiger partial charge in [-0.05, 0) is 30.7 Å².